The van der Waals surface area contributed by atoms with Gasteiger partial charge in [0, 0.05) is 38.0 Å². The summed E-state index contributed by atoms with van der Waals surface area (Å²) in [6.07, 6.45) is 1.04. The Morgan fingerprint density at radius 1 is 0.538 bits per heavy atom. The van der Waals surface area contributed by atoms with Crippen molar-refractivity contribution in [3.8, 4) is 34.5 Å². The van der Waals surface area contributed by atoms with Gasteiger partial charge in [0.25, 0.3) is 17.7 Å². The summed E-state index contributed by atoms with van der Waals surface area (Å²) in [5.41, 5.74) is -2.13. The summed E-state index contributed by atoms with van der Waals surface area (Å²) in [6.45, 7) is 0.222. The first-order valence-corrected chi connectivity index (χ1v) is 16.5. The summed E-state index contributed by atoms with van der Waals surface area (Å²) < 4.78 is 0. The number of nitrogens with one attached hydrogen (secondary N) is 4. The number of benzene rings is 3. The van der Waals surface area contributed by atoms with Gasteiger partial charge in [-0.2, -0.15) is 0 Å². The number of aromatic hydroxyl groups is 6. The van der Waals surface area contributed by atoms with Gasteiger partial charge in [-0.05, 0) is 74.9 Å². The van der Waals surface area contributed by atoms with Gasteiger partial charge in [0.15, 0.2) is 34.5 Å². The molecule has 3 aromatic rings. The van der Waals surface area contributed by atoms with Crippen molar-refractivity contribution in [2.75, 3.05) is 19.6 Å². The van der Waals surface area contributed by atoms with E-state index in [0.717, 1.165) is 0 Å². The van der Waals surface area contributed by atoms with E-state index in [1.165, 1.54) is 54.6 Å². The predicted octanol–water partition coefficient (Wildman–Crippen LogP) is 1.62. The van der Waals surface area contributed by atoms with E-state index in [1.807, 2.05) is 0 Å². The number of phenolic OH excluding ortho intramolecular Hbond substituents is 6. The molecule has 0 saturated heterocycles. The molecule has 11 N–H and O–H groups in total. The molecule has 0 atom stereocenters. The van der Waals surface area contributed by atoms with Gasteiger partial charge >= 0.3 is 7.48 Å². The highest BCUT2D eigenvalue weighted by molar-refractivity contribution is 6.68. The van der Waals surface area contributed by atoms with E-state index in [4.69, 9.17) is 5.02 Å². The highest BCUT2D eigenvalue weighted by atomic mass is 16.3. The predicted molar refractivity (Wildman–Crippen MR) is 187 cm³/mol. The van der Waals surface area contributed by atoms with Gasteiger partial charge in [-0.1, -0.05) is 18.2 Å². The zero-order valence-corrected chi connectivity index (χ0v) is 28.2. The Morgan fingerprint density at radius 2 is 0.885 bits per heavy atom. The first kappa shape index (κ1) is 40.5. The van der Waals surface area contributed by atoms with Crippen molar-refractivity contribution in [3.63, 3.8) is 0 Å². The first-order chi connectivity index (χ1) is 24.8. The van der Waals surface area contributed by atoms with Gasteiger partial charge in [0.05, 0.1) is 16.7 Å². The molecule has 52 heavy (non-hydrogen) atoms. The second-order valence-electron chi connectivity index (χ2n) is 12.0. The lowest BCUT2D eigenvalue weighted by molar-refractivity contribution is -0.125. The van der Waals surface area contributed by atoms with E-state index in [0.29, 0.717) is 7.48 Å². The lowest BCUT2D eigenvalue weighted by atomic mass is 9.83. The summed E-state index contributed by atoms with van der Waals surface area (Å²) in [4.78, 5) is 63.0. The topological polar surface area (TPSA) is 275 Å². The molecular weight excluding hydrogens is 679 g/mol. The lowest BCUT2D eigenvalue weighted by Gasteiger charge is -2.36. The van der Waals surface area contributed by atoms with Crippen LogP contribution in [0.3, 0.4) is 0 Å². The van der Waals surface area contributed by atoms with Crippen LogP contribution in [0.15, 0.2) is 54.6 Å². The van der Waals surface area contributed by atoms with Crippen LogP contribution in [0.5, 0.6) is 34.5 Å². The minimum absolute atomic E-state index is 0.0739. The SMILES string of the molecule is O=C([B]O)CCC(=O)NC(CCCNC(=O)c1cccc(O)c1O)(CCCNC(=O)c1cccc(O)c1O)CCCNC(=O)c1cccc(O)c1O. The smallest absolute Gasteiger partial charge is 0.373 e. The van der Waals surface area contributed by atoms with Gasteiger partial charge in [-0.3, -0.25) is 19.2 Å². The molecule has 0 saturated carbocycles. The minimum Gasteiger partial charge on any atom is -0.504 e. The van der Waals surface area contributed by atoms with Crippen LogP contribution in [0.4, 0.5) is 0 Å². The summed E-state index contributed by atoms with van der Waals surface area (Å²) in [7, 11) is 0.368. The van der Waals surface area contributed by atoms with Crippen LogP contribution in [-0.2, 0) is 9.59 Å². The fourth-order valence-corrected chi connectivity index (χ4v) is 5.54. The maximum Gasteiger partial charge on any atom is 0.373 e. The molecule has 0 spiro atoms. The number of para-hydroxylation sites is 3. The average molecular weight is 722 g/mol. The molecule has 277 valence electrons. The molecule has 0 aliphatic rings. The number of phenols is 6. The molecule has 4 amide bonds. The number of hydrogen-bond donors (Lipinski definition) is 11. The molecule has 3 rings (SSSR count). The van der Waals surface area contributed by atoms with Gasteiger partial charge in [0.2, 0.25) is 5.91 Å². The monoisotopic (exact) mass is 721 g/mol. The Labute approximate surface area is 299 Å². The second kappa shape index (κ2) is 19.4. The molecule has 0 heterocycles. The minimum atomic E-state index is -1.03. The Hall–Kier alpha value is -5.97. The van der Waals surface area contributed by atoms with Crippen LogP contribution in [-0.4, -0.2) is 97.6 Å². The molecule has 0 aromatic heterocycles. The van der Waals surface area contributed by atoms with E-state index in [-0.39, 0.29) is 87.7 Å². The zero-order chi connectivity index (χ0) is 38.3. The normalized spacial score (nSPS) is 10.9. The Kier molecular flexibility index (Phi) is 15.1. The van der Waals surface area contributed by atoms with Crippen molar-refractivity contribution in [2.24, 2.45) is 0 Å². The fourth-order valence-electron chi connectivity index (χ4n) is 5.54. The number of rotatable bonds is 20. The number of carbonyl (C=O) groups is 5. The van der Waals surface area contributed by atoms with Crippen LogP contribution < -0.4 is 21.3 Å². The quantitative estimate of drug-likeness (QED) is 0.0451. The van der Waals surface area contributed by atoms with Gasteiger partial charge in [0.1, 0.15) is 5.68 Å². The van der Waals surface area contributed by atoms with E-state index in [2.05, 4.69) is 21.3 Å². The Morgan fingerprint density at radius 3 is 1.21 bits per heavy atom. The average Bonchev–Trinajstić information content (AvgIpc) is 3.12. The second-order valence-corrected chi connectivity index (χ2v) is 12.0. The molecule has 16 nitrogen and oxygen atoms in total. The third-order valence-electron chi connectivity index (χ3n) is 8.28. The molecule has 0 aliphatic heterocycles. The lowest BCUT2D eigenvalue weighted by Crippen LogP contribution is -2.50. The number of carbonyl (C=O) groups excluding carboxylic acids is 5. The highest BCUT2D eigenvalue weighted by Gasteiger charge is 2.31. The van der Waals surface area contributed by atoms with Crippen molar-refractivity contribution < 1.29 is 59.6 Å². The van der Waals surface area contributed by atoms with Crippen molar-refractivity contribution in [1.29, 1.82) is 0 Å². The van der Waals surface area contributed by atoms with Crippen LogP contribution in [0.25, 0.3) is 0 Å². The van der Waals surface area contributed by atoms with Crippen molar-refractivity contribution in [1.82, 2.24) is 21.3 Å². The van der Waals surface area contributed by atoms with Gasteiger partial charge in [-0.25, -0.2) is 0 Å². The summed E-state index contributed by atoms with van der Waals surface area (Å²) in [5, 5.41) is 79.4. The Balaban J connectivity index is 1.76. The molecule has 0 aliphatic carbocycles. The molecule has 0 fully saturated rings. The number of amides is 4. The highest BCUT2D eigenvalue weighted by Crippen LogP contribution is 2.31. The van der Waals surface area contributed by atoms with E-state index >= 15 is 0 Å². The fraction of sp³-hybridized carbons (Fsp3) is 0.343. The van der Waals surface area contributed by atoms with Crippen molar-refractivity contribution in [2.45, 2.75) is 56.9 Å². The van der Waals surface area contributed by atoms with Crippen LogP contribution in [0.1, 0.15) is 82.4 Å². The molecule has 3 aromatic carbocycles. The summed E-state index contributed by atoms with van der Waals surface area (Å²) in [6, 6.07) is 11.8. The first-order valence-electron chi connectivity index (χ1n) is 16.5. The maximum absolute atomic E-state index is 13.1. The summed E-state index contributed by atoms with van der Waals surface area (Å²) >= 11 is 0. The third kappa shape index (κ3) is 11.5. The molecule has 1 radical (unpaired) electrons. The van der Waals surface area contributed by atoms with Crippen LogP contribution >= 0.6 is 0 Å². The maximum atomic E-state index is 13.1. The van der Waals surface area contributed by atoms with Crippen molar-refractivity contribution in [3.05, 3.63) is 71.3 Å². The van der Waals surface area contributed by atoms with Crippen molar-refractivity contribution >= 4 is 36.8 Å². The van der Waals surface area contributed by atoms with Crippen LogP contribution in [0, 0.1) is 0 Å². The number of hydrogen-bond acceptors (Lipinski definition) is 12. The largest absolute Gasteiger partial charge is 0.504 e. The standard InChI is InChI=1S/C35H42BN4O12/c41-24-10-1-7-21(29(24)46)32(49)37-18-4-15-35(40-28(45)14-13-27(44)36-52,16-5-19-38-33(50)22-8-2-11-25(42)30(22)47)17-6-20-39-34(51)23-9-3-12-26(43)31(23)48/h1-3,7-12,41-43,46-48,52H,4-6,13-20H2,(H,37,49)(H,38,50)(H,39,51)(H,40,45). The summed E-state index contributed by atoms with van der Waals surface area (Å²) in [5.74, 6) is -5.65. The molecular formula is C35H42BN4O12. The van der Waals surface area contributed by atoms with Crippen LogP contribution in [0.2, 0.25) is 0 Å². The molecule has 17 heteroatoms. The van der Waals surface area contributed by atoms with E-state index in [1.54, 1.807) is 0 Å². The molecule has 0 bridgehead atoms. The Bertz CT molecular complexity index is 1580. The van der Waals surface area contributed by atoms with E-state index < -0.39 is 69.3 Å². The van der Waals surface area contributed by atoms with Gasteiger partial charge < -0.3 is 61.7 Å². The van der Waals surface area contributed by atoms with Gasteiger partial charge in [-0.15, -0.1) is 0 Å². The third-order valence-corrected chi connectivity index (χ3v) is 8.28. The zero-order valence-electron chi connectivity index (χ0n) is 28.2. The van der Waals surface area contributed by atoms with E-state index in [9.17, 15) is 54.6 Å². The molecule has 0 unspecified atom stereocenters.